The first-order valence-electron chi connectivity index (χ1n) is 7.41. The second-order valence-corrected chi connectivity index (χ2v) is 5.03. The Morgan fingerprint density at radius 2 is 1.63 bits per heavy atom. The zero-order chi connectivity index (χ0) is 13.9. The van der Waals surface area contributed by atoms with Crippen LogP contribution in [0.15, 0.2) is 24.3 Å². The van der Waals surface area contributed by atoms with Gasteiger partial charge >= 0.3 is 0 Å². The van der Waals surface area contributed by atoms with Crippen LogP contribution in [0.2, 0.25) is 0 Å². The molecular formula is C17H26O2. The zero-order valence-corrected chi connectivity index (χ0v) is 12.3. The van der Waals surface area contributed by atoms with E-state index in [-0.39, 0.29) is 5.78 Å². The van der Waals surface area contributed by atoms with E-state index >= 15 is 0 Å². The number of aryl methyl sites for hydroxylation is 1. The standard InChI is InChI=1S/C17H26O2/c1-3-4-6-13-19-14-7-5-8-16-9-11-17(12-10-16)15(2)18/h9-12H,3-8,13-14H2,1-2H3. The third-order valence-corrected chi connectivity index (χ3v) is 3.26. The lowest BCUT2D eigenvalue weighted by molar-refractivity contribution is 0.101. The largest absolute Gasteiger partial charge is 0.381 e. The summed E-state index contributed by atoms with van der Waals surface area (Å²) in [7, 11) is 0. The Kier molecular flexibility index (Phi) is 8.15. The highest BCUT2D eigenvalue weighted by atomic mass is 16.5. The van der Waals surface area contributed by atoms with Crippen LogP contribution >= 0.6 is 0 Å². The molecule has 0 aliphatic heterocycles. The van der Waals surface area contributed by atoms with Gasteiger partial charge in [-0.15, -0.1) is 0 Å². The molecule has 1 aromatic rings. The minimum atomic E-state index is 0.132. The Morgan fingerprint density at radius 1 is 1.00 bits per heavy atom. The van der Waals surface area contributed by atoms with Gasteiger partial charge in [-0.3, -0.25) is 4.79 Å². The molecule has 0 bridgehead atoms. The van der Waals surface area contributed by atoms with E-state index in [2.05, 4.69) is 19.1 Å². The molecular weight excluding hydrogens is 236 g/mol. The highest BCUT2D eigenvalue weighted by Gasteiger charge is 1.99. The minimum absolute atomic E-state index is 0.132. The Labute approximate surface area is 117 Å². The monoisotopic (exact) mass is 262 g/mol. The van der Waals surface area contributed by atoms with Crippen molar-refractivity contribution in [1.29, 1.82) is 0 Å². The highest BCUT2D eigenvalue weighted by molar-refractivity contribution is 5.93. The first-order chi connectivity index (χ1) is 9.24. The zero-order valence-electron chi connectivity index (χ0n) is 12.3. The Morgan fingerprint density at radius 3 is 2.21 bits per heavy atom. The van der Waals surface area contributed by atoms with Gasteiger partial charge in [0, 0.05) is 18.8 Å². The van der Waals surface area contributed by atoms with E-state index in [4.69, 9.17) is 4.74 Å². The van der Waals surface area contributed by atoms with Gasteiger partial charge in [-0.2, -0.15) is 0 Å². The van der Waals surface area contributed by atoms with Gasteiger partial charge in [0.05, 0.1) is 0 Å². The fraction of sp³-hybridized carbons (Fsp3) is 0.588. The lowest BCUT2D eigenvalue weighted by atomic mass is 10.0. The molecule has 0 fully saturated rings. The van der Waals surface area contributed by atoms with Gasteiger partial charge < -0.3 is 4.74 Å². The molecule has 0 N–H and O–H groups in total. The molecule has 0 saturated heterocycles. The van der Waals surface area contributed by atoms with Crippen molar-refractivity contribution in [3.05, 3.63) is 35.4 Å². The molecule has 1 aromatic carbocycles. The number of Topliss-reactive ketones (excluding diaryl/α,β-unsaturated/α-hetero) is 1. The molecule has 0 amide bonds. The highest BCUT2D eigenvalue weighted by Crippen LogP contribution is 2.08. The van der Waals surface area contributed by atoms with Gasteiger partial charge in [-0.25, -0.2) is 0 Å². The predicted molar refractivity (Wildman–Crippen MR) is 79.7 cm³/mol. The summed E-state index contributed by atoms with van der Waals surface area (Å²) >= 11 is 0. The number of benzene rings is 1. The molecule has 0 saturated carbocycles. The molecule has 2 heteroatoms. The summed E-state index contributed by atoms with van der Waals surface area (Å²) in [6, 6.07) is 7.94. The number of ether oxygens (including phenoxy) is 1. The Hall–Kier alpha value is -1.15. The lowest BCUT2D eigenvalue weighted by Gasteiger charge is -2.04. The molecule has 0 aromatic heterocycles. The van der Waals surface area contributed by atoms with Crippen LogP contribution in [-0.2, 0) is 11.2 Å². The second-order valence-electron chi connectivity index (χ2n) is 5.03. The molecule has 0 unspecified atom stereocenters. The maximum absolute atomic E-state index is 11.1. The molecule has 0 heterocycles. The molecule has 2 nitrogen and oxygen atoms in total. The summed E-state index contributed by atoms with van der Waals surface area (Å²) < 4.78 is 5.58. The van der Waals surface area contributed by atoms with Gasteiger partial charge in [0.15, 0.2) is 5.78 Å². The summed E-state index contributed by atoms with van der Waals surface area (Å²) in [4.78, 5) is 11.1. The molecule has 0 spiro atoms. The number of ketones is 1. The van der Waals surface area contributed by atoms with E-state index in [9.17, 15) is 4.79 Å². The Bertz CT molecular complexity index is 354. The molecule has 0 radical (unpaired) electrons. The van der Waals surface area contributed by atoms with Crippen molar-refractivity contribution < 1.29 is 9.53 Å². The van der Waals surface area contributed by atoms with E-state index in [1.165, 1.54) is 24.8 Å². The molecule has 0 aliphatic carbocycles. The minimum Gasteiger partial charge on any atom is -0.381 e. The normalized spacial score (nSPS) is 10.6. The third-order valence-electron chi connectivity index (χ3n) is 3.26. The average molecular weight is 262 g/mol. The van der Waals surface area contributed by atoms with Crippen LogP contribution in [0, 0.1) is 0 Å². The van der Waals surface area contributed by atoms with Crippen LogP contribution < -0.4 is 0 Å². The smallest absolute Gasteiger partial charge is 0.159 e. The quantitative estimate of drug-likeness (QED) is 0.461. The number of carbonyl (C=O) groups excluding carboxylic acids is 1. The number of hydrogen-bond acceptors (Lipinski definition) is 2. The molecule has 0 aliphatic rings. The van der Waals surface area contributed by atoms with Gasteiger partial charge in [-0.05, 0) is 38.2 Å². The third kappa shape index (κ3) is 7.12. The SMILES string of the molecule is CCCCCOCCCCc1ccc(C(C)=O)cc1. The van der Waals surface area contributed by atoms with Gasteiger partial charge in [-0.1, -0.05) is 44.0 Å². The van der Waals surface area contributed by atoms with E-state index in [1.807, 2.05) is 12.1 Å². The van der Waals surface area contributed by atoms with Crippen molar-refractivity contribution in [2.45, 2.75) is 52.4 Å². The van der Waals surface area contributed by atoms with Crippen LogP contribution in [0.1, 0.15) is 61.9 Å². The van der Waals surface area contributed by atoms with E-state index < -0.39 is 0 Å². The summed E-state index contributed by atoms with van der Waals surface area (Å²) in [6.45, 7) is 5.58. The number of unbranched alkanes of at least 4 members (excludes halogenated alkanes) is 3. The van der Waals surface area contributed by atoms with E-state index in [1.54, 1.807) is 6.92 Å². The fourth-order valence-corrected chi connectivity index (χ4v) is 2.00. The van der Waals surface area contributed by atoms with Crippen molar-refractivity contribution in [2.75, 3.05) is 13.2 Å². The summed E-state index contributed by atoms with van der Waals surface area (Å²) in [5, 5.41) is 0. The van der Waals surface area contributed by atoms with E-state index in [0.29, 0.717) is 0 Å². The number of rotatable bonds is 10. The van der Waals surface area contributed by atoms with Crippen molar-refractivity contribution in [3.8, 4) is 0 Å². The van der Waals surface area contributed by atoms with E-state index in [0.717, 1.165) is 38.0 Å². The fourth-order valence-electron chi connectivity index (χ4n) is 2.00. The maximum atomic E-state index is 11.1. The summed E-state index contributed by atoms with van der Waals surface area (Å²) in [5.41, 5.74) is 2.10. The topological polar surface area (TPSA) is 26.3 Å². The number of hydrogen-bond donors (Lipinski definition) is 0. The van der Waals surface area contributed by atoms with Crippen LogP contribution in [0.25, 0.3) is 0 Å². The second kappa shape index (κ2) is 9.74. The average Bonchev–Trinajstić information content (AvgIpc) is 2.42. The molecule has 19 heavy (non-hydrogen) atoms. The summed E-state index contributed by atoms with van der Waals surface area (Å²) in [5.74, 6) is 0.132. The van der Waals surface area contributed by atoms with Crippen molar-refractivity contribution in [3.63, 3.8) is 0 Å². The molecule has 1 rings (SSSR count). The van der Waals surface area contributed by atoms with Crippen molar-refractivity contribution >= 4 is 5.78 Å². The van der Waals surface area contributed by atoms with Crippen LogP contribution in [0.5, 0.6) is 0 Å². The van der Waals surface area contributed by atoms with Crippen molar-refractivity contribution in [2.24, 2.45) is 0 Å². The van der Waals surface area contributed by atoms with Gasteiger partial charge in [0.1, 0.15) is 0 Å². The van der Waals surface area contributed by atoms with Crippen LogP contribution in [-0.4, -0.2) is 19.0 Å². The first-order valence-corrected chi connectivity index (χ1v) is 7.41. The lowest BCUT2D eigenvalue weighted by Crippen LogP contribution is -1.98. The van der Waals surface area contributed by atoms with Gasteiger partial charge in [0.2, 0.25) is 0 Å². The van der Waals surface area contributed by atoms with Crippen LogP contribution in [0.4, 0.5) is 0 Å². The first kappa shape index (κ1) is 15.9. The summed E-state index contributed by atoms with van der Waals surface area (Å²) in [6.07, 6.45) is 7.02. The molecule has 0 atom stereocenters. The molecule has 106 valence electrons. The van der Waals surface area contributed by atoms with Gasteiger partial charge in [0.25, 0.3) is 0 Å². The number of carbonyl (C=O) groups is 1. The Balaban J connectivity index is 2.07. The maximum Gasteiger partial charge on any atom is 0.159 e. The van der Waals surface area contributed by atoms with Crippen LogP contribution in [0.3, 0.4) is 0 Å². The van der Waals surface area contributed by atoms with Crippen molar-refractivity contribution in [1.82, 2.24) is 0 Å². The predicted octanol–water partition coefficient (Wildman–Crippen LogP) is 4.42.